The predicted molar refractivity (Wildman–Crippen MR) is 62.6 cm³/mol. The van der Waals surface area contributed by atoms with Crippen LogP contribution in [0.1, 0.15) is 5.56 Å². The van der Waals surface area contributed by atoms with Crippen LogP contribution in [-0.2, 0) is 16.4 Å². The summed E-state index contributed by atoms with van der Waals surface area (Å²) >= 11 is 1.43. The lowest BCUT2D eigenvalue weighted by molar-refractivity contribution is 0.603. The summed E-state index contributed by atoms with van der Waals surface area (Å²) in [6.45, 7) is 0.426. The highest BCUT2D eigenvalue weighted by molar-refractivity contribution is 8.00. The first-order chi connectivity index (χ1) is 7.03. The van der Waals surface area contributed by atoms with Gasteiger partial charge in [0.05, 0.1) is 5.75 Å². The third-order valence-corrected chi connectivity index (χ3v) is 4.02. The SMILES string of the molecule is CS(=O)(=O)CCSc1ncccc1CN. The first-order valence-corrected chi connectivity index (χ1v) is 7.52. The van der Waals surface area contributed by atoms with Gasteiger partial charge in [-0.3, -0.25) is 0 Å². The highest BCUT2D eigenvalue weighted by Gasteiger charge is 2.05. The maximum Gasteiger partial charge on any atom is 0.148 e. The van der Waals surface area contributed by atoms with Gasteiger partial charge in [0, 0.05) is 24.8 Å². The second kappa shape index (κ2) is 5.48. The van der Waals surface area contributed by atoms with Crippen LogP contribution < -0.4 is 5.73 Å². The lowest BCUT2D eigenvalue weighted by atomic mass is 10.3. The van der Waals surface area contributed by atoms with Crippen LogP contribution in [-0.4, -0.2) is 31.2 Å². The van der Waals surface area contributed by atoms with E-state index in [4.69, 9.17) is 5.73 Å². The third kappa shape index (κ3) is 4.63. The largest absolute Gasteiger partial charge is 0.326 e. The molecular weight excluding hydrogens is 232 g/mol. The Morgan fingerprint density at radius 3 is 2.87 bits per heavy atom. The molecule has 15 heavy (non-hydrogen) atoms. The number of hydrogen-bond acceptors (Lipinski definition) is 5. The van der Waals surface area contributed by atoms with Crippen LogP contribution in [0.3, 0.4) is 0 Å². The van der Waals surface area contributed by atoms with Gasteiger partial charge in [0.2, 0.25) is 0 Å². The van der Waals surface area contributed by atoms with Crippen LogP contribution in [0.4, 0.5) is 0 Å². The molecule has 0 spiro atoms. The second-order valence-electron chi connectivity index (χ2n) is 3.15. The standard InChI is InChI=1S/C9H14N2O2S2/c1-15(12,13)6-5-14-9-8(7-10)3-2-4-11-9/h2-4H,5-7,10H2,1H3. The molecule has 0 atom stereocenters. The number of aromatic nitrogens is 1. The summed E-state index contributed by atoms with van der Waals surface area (Å²) in [6, 6.07) is 3.72. The predicted octanol–water partition coefficient (Wildman–Crippen LogP) is 0.677. The van der Waals surface area contributed by atoms with Crippen molar-refractivity contribution >= 4 is 21.6 Å². The van der Waals surface area contributed by atoms with Crippen LogP contribution >= 0.6 is 11.8 Å². The summed E-state index contributed by atoms with van der Waals surface area (Å²) in [7, 11) is -2.89. The van der Waals surface area contributed by atoms with Crippen LogP contribution in [0.2, 0.25) is 0 Å². The Labute approximate surface area is 94.2 Å². The van der Waals surface area contributed by atoms with Crippen molar-refractivity contribution in [1.82, 2.24) is 4.98 Å². The van der Waals surface area contributed by atoms with E-state index < -0.39 is 9.84 Å². The Balaban J connectivity index is 2.58. The zero-order valence-corrected chi connectivity index (χ0v) is 10.1. The number of hydrogen-bond donors (Lipinski definition) is 1. The smallest absolute Gasteiger partial charge is 0.148 e. The fourth-order valence-corrected chi connectivity index (χ4v) is 3.21. The molecule has 0 unspecified atom stereocenters. The van der Waals surface area contributed by atoms with E-state index in [1.165, 1.54) is 18.0 Å². The Hall–Kier alpha value is -0.590. The molecule has 2 N–H and O–H groups in total. The summed E-state index contributed by atoms with van der Waals surface area (Å²) < 4.78 is 21.8. The average Bonchev–Trinajstić information content (AvgIpc) is 2.16. The molecule has 0 aliphatic carbocycles. The van der Waals surface area contributed by atoms with Gasteiger partial charge in [-0.1, -0.05) is 6.07 Å². The zero-order chi connectivity index (χ0) is 11.3. The monoisotopic (exact) mass is 246 g/mol. The number of thioether (sulfide) groups is 1. The molecule has 6 heteroatoms. The molecule has 0 aliphatic rings. The lowest BCUT2D eigenvalue weighted by Gasteiger charge is -2.04. The van der Waals surface area contributed by atoms with E-state index in [1.54, 1.807) is 6.20 Å². The minimum Gasteiger partial charge on any atom is -0.326 e. The molecule has 4 nitrogen and oxygen atoms in total. The summed E-state index contributed by atoms with van der Waals surface area (Å²) in [5, 5.41) is 0.823. The molecule has 1 heterocycles. The molecule has 0 bridgehead atoms. The number of sulfone groups is 1. The van der Waals surface area contributed by atoms with Crippen molar-refractivity contribution in [2.75, 3.05) is 17.8 Å². The zero-order valence-electron chi connectivity index (χ0n) is 8.51. The molecule has 0 radical (unpaired) electrons. The Morgan fingerprint density at radius 2 is 2.27 bits per heavy atom. The van der Waals surface area contributed by atoms with E-state index in [1.807, 2.05) is 12.1 Å². The van der Waals surface area contributed by atoms with Crippen molar-refractivity contribution < 1.29 is 8.42 Å². The van der Waals surface area contributed by atoms with E-state index in [-0.39, 0.29) is 5.75 Å². The second-order valence-corrected chi connectivity index (χ2v) is 6.49. The molecule has 0 aliphatic heterocycles. The van der Waals surface area contributed by atoms with Gasteiger partial charge in [-0.2, -0.15) is 0 Å². The molecule has 1 rings (SSSR count). The van der Waals surface area contributed by atoms with E-state index in [9.17, 15) is 8.42 Å². The van der Waals surface area contributed by atoms with E-state index in [2.05, 4.69) is 4.98 Å². The van der Waals surface area contributed by atoms with Crippen molar-refractivity contribution in [3.63, 3.8) is 0 Å². The highest BCUT2D eigenvalue weighted by atomic mass is 32.2. The quantitative estimate of drug-likeness (QED) is 0.773. The van der Waals surface area contributed by atoms with Gasteiger partial charge in [0.1, 0.15) is 14.9 Å². The van der Waals surface area contributed by atoms with Gasteiger partial charge in [-0.15, -0.1) is 11.8 Å². The van der Waals surface area contributed by atoms with E-state index in [0.29, 0.717) is 12.3 Å². The summed E-state index contributed by atoms with van der Waals surface area (Å²) in [5.41, 5.74) is 6.49. The summed E-state index contributed by atoms with van der Waals surface area (Å²) in [5.74, 6) is 0.682. The van der Waals surface area contributed by atoms with E-state index in [0.717, 1.165) is 10.6 Å². The highest BCUT2D eigenvalue weighted by Crippen LogP contribution is 2.19. The fourth-order valence-electron chi connectivity index (χ4n) is 0.999. The molecule has 1 aromatic heterocycles. The van der Waals surface area contributed by atoms with Gasteiger partial charge in [-0.25, -0.2) is 13.4 Å². The van der Waals surface area contributed by atoms with Crippen LogP contribution in [0.25, 0.3) is 0 Å². The molecule has 0 saturated heterocycles. The van der Waals surface area contributed by atoms with Gasteiger partial charge in [0.25, 0.3) is 0 Å². The number of pyridine rings is 1. The van der Waals surface area contributed by atoms with Gasteiger partial charge < -0.3 is 5.73 Å². The van der Waals surface area contributed by atoms with Crippen LogP contribution in [0.15, 0.2) is 23.4 Å². The maximum absolute atomic E-state index is 10.9. The first kappa shape index (κ1) is 12.5. The van der Waals surface area contributed by atoms with Gasteiger partial charge in [0.15, 0.2) is 0 Å². The van der Waals surface area contributed by atoms with Gasteiger partial charge in [-0.05, 0) is 11.6 Å². The van der Waals surface area contributed by atoms with Crippen molar-refractivity contribution in [1.29, 1.82) is 0 Å². The topological polar surface area (TPSA) is 73.0 Å². The van der Waals surface area contributed by atoms with Crippen molar-refractivity contribution in [2.45, 2.75) is 11.6 Å². The molecular formula is C9H14N2O2S2. The molecule has 84 valence electrons. The number of nitrogens with zero attached hydrogens (tertiary/aromatic N) is 1. The minimum absolute atomic E-state index is 0.165. The Bertz CT molecular complexity index is 418. The number of rotatable bonds is 5. The molecule has 0 amide bonds. The van der Waals surface area contributed by atoms with Crippen molar-refractivity contribution in [2.24, 2.45) is 5.73 Å². The Kier molecular flexibility index (Phi) is 4.56. The van der Waals surface area contributed by atoms with Crippen LogP contribution in [0.5, 0.6) is 0 Å². The van der Waals surface area contributed by atoms with Gasteiger partial charge >= 0.3 is 0 Å². The summed E-state index contributed by atoms with van der Waals surface area (Å²) in [4.78, 5) is 4.16. The summed E-state index contributed by atoms with van der Waals surface area (Å²) in [6.07, 6.45) is 2.91. The van der Waals surface area contributed by atoms with Crippen LogP contribution in [0, 0.1) is 0 Å². The number of nitrogens with two attached hydrogens (primary N) is 1. The van der Waals surface area contributed by atoms with E-state index >= 15 is 0 Å². The maximum atomic E-state index is 10.9. The molecule has 0 saturated carbocycles. The minimum atomic E-state index is -2.89. The van der Waals surface area contributed by atoms with Crippen molar-refractivity contribution in [3.05, 3.63) is 23.9 Å². The molecule has 0 aromatic carbocycles. The molecule has 0 fully saturated rings. The Morgan fingerprint density at radius 1 is 1.53 bits per heavy atom. The lowest BCUT2D eigenvalue weighted by Crippen LogP contribution is -2.06. The fraction of sp³-hybridized carbons (Fsp3) is 0.444. The molecule has 1 aromatic rings. The average molecular weight is 246 g/mol. The normalized spacial score (nSPS) is 11.6. The third-order valence-electron chi connectivity index (χ3n) is 1.76. The first-order valence-electron chi connectivity index (χ1n) is 4.47. The van der Waals surface area contributed by atoms with Crippen molar-refractivity contribution in [3.8, 4) is 0 Å².